The van der Waals surface area contributed by atoms with Crippen LogP contribution in [0.1, 0.15) is 104 Å². The molecule has 13 heteroatoms. The molecule has 318 valence electrons. The first kappa shape index (κ1) is 42.8. The fourth-order valence-corrected chi connectivity index (χ4v) is 10.8. The van der Waals surface area contributed by atoms with Crippen LogP contribution in [0, 0.1) is 17.8 Å². The van der Waals surface area contributed by atoms with Gasteiger partial charge in [0.2, 0.25) is 10.0 Å². The summed E-state index contributed by atoms with van der Waals surface area (Å²) in [5.74, 6) is -2.96. The fraction of sp³-hybridized carbons (Fsp3) is 0.644. The van der Waals surface area contributed by atoms with Gasteiger partial charge < -0.3 is 33.9 Å². The van der Waals surface area contributed by atoms with Gasteiger partial charge in [-0.1, -0.05) is 76.1 Å². The van der Waals surface area contributed by atoms with Gasteiger partial charge in [0.15, 0.2) is 5.79 Å². The Balaban J connectivity index is 1.25. The zero-order valence-electron chi connectivity index (χ0n) is 34.6. The molecule has 4 aliphatic heterocycles. The van der Waals surface area contributed by atoms with Gasteiger partial charge in [0.25, 0.3) is 0 Å². The first-order valence-electron chi connectivity index (χ1n) is 21.1. The Morgan fingerprint density at radius 3 is 2.45 bits per heavy atom. The van der Waals surface area contributed by atoms with E-state index in [2.05, 4.69) is 24.6 Å². The van der Waals surface area contributed by atoms with E-state index in [9.17, 15) is 28.2 Å². The molecule has 6 aliphatic rings. The number of ether oxygens (including phenoxy) is 5. The Labute approximate surface area is 343 Å². The molecule has 11 atom stereocenters. The number of allylic oxidation sites excluding steroid dienone is 2. The van der Waals surface area contributed by atoms with E-state index in [-0.39, 0.29) is 30.7 Å². The van der Waals surface area contributed by atoms with Crippen LogP contribution in [0.25, 0.3) is 0 Å². The van der Waals surface area contributed by atoms with Gasteiger partial charge in [-0.2, -0.15) is 0 Å². The van der Waals surface area contributed by atoms with Crippen LogP contribution in [0.15, 0.2) is 71.4 Å². The highest BCUT2D eigenvalue weighted by Crippen LogP contribution is 2.48. The Bertz CT molecular complexity index is 1950. The zero-order chi connectivity index (χ0) is 41.6. The summed E-state index contributed by atoms with van der Waals surface area (Å²) in [7, 11) is -3.47. The van der Waals surface area contributed by atoms with E-state index >= 15 is 0 Å². The Morgan fingerprint density at radius 2 is 1.76 bits per heavy atom. The highest BCUT2D eigenvalue weighted by Gasteiger charge is 2.60. The van der Waals surface area contributed by atoms with E-state index in [0.717, 1.165) is 43.1 Å². The minimum atomic E-state index is -3.47. The third-order valence-electron chi connectivity index (χ3n) is 13.6. The van der Waals surface area contributed by atoms with Gasteiger partial charge in [0.05, 0.1) is 30.5 Å². The predicted octanol–water partition coefficient (Wildman–Crippen LogP) is 6.33. The van der Waals surface area contributed by atoms with Gasteiger partial charge in [-0.3, -0.25) is 14.3 Å². The summed E-state index contributed by atoms with van der Waals surface area (Å²) in [5, 5.41) is 23.6. The van der Waals surface area contributed by atoms with E-state index in [1.165, 1.54) is 0 Å². The van der Waals surface area contributed by atoms with E-state index in [1.54, 1.807) is 37.3 Å². The largest absolute Gasteiger partial charge is 0.462 e. The Kier molecular flexibility index (Phi) is 12.3. The molecule has 0 radical (unpaired) electrons. The van der Waals surface area contributed by atoms with Crippen molar-refractivity contribution in [3.05, 3.63) is 76.9 Å². The smallest absolute Gasteiger partial charge is 0.317 e. The minimum absolute atomic E-state index is 0.00704. The average Bonchev–Trinajstić information content (AvgIpc) is 3.81. The molecule has 2 aliphatic carbocycles. The van der Waals surface area contributed by atoms with Gasteiger partial charge in [-0.15, -0.1) is 0 Å². The van der Waals surface area contributed by atoms with Crippen molar-refractivity contribution < 1.29 is 51.9 Å². The summed E-state index contributed by atoms with van der Waals surface area (Å²) < 4.78 is 58.8. The van der Waals surface area contributed by atoms with Gasteiger partial charge in [-0.25, -0.2) is 8.42 Å². The second-order valence-corrected chi connectivity index (χ2v) is 19.6. The summed E-state index contributed by atoms with van der Waals surface area (Å²) in [6.07, 6.45) is 12.9. The van der Waals surface area contributed by atoms with Crippen LogP contribution in [0.4, 0.5) is 5.69 Å². The lowest BCUT2D eigenvalue weighted by Crippen LogP contribution is -2.58. The SMILES string of the molecule is CC[C@H]1O[C@]2(CC[C@@H]1C)C[C@@H]1C[C@@H](C/C=C(\C)[C@H](OC(=O)C3(c4ccc(NS(C)(=O)=O)cc4)CCCC3)[C@@H](C)/C=C/C=C3\CO[C@@H]4[C@H](O)C(C)=C[C@@H](C(=O)O1)[C@]34O)O2. The van der Waals surface area contributed by atoms with Gasteiger partial charge in [0.1, 0.15) is 35.9 Å². The van der Waals surface area contributed by atoms with Crippen molar-refractivity contribution in [2.24, 2.45) is 17.8 Å². The van der Waals surface area contributed by atoms with Gasteiger partial charge in [-0.05, 0) is 86.3 Å². The van der Waals surface area contributed by atoms with Crippen molar-refractivity contribution in [1.82, 2.24) is 0 Å². The molecule has 3 saturated heterocycles. The number of fused-ring (bicyclic) bond motifs is 2. The lowest BCUT2D eigenvalue weighted by atomic mass is 9.71. The predicted molar refractivity (Wildman–Crippen MR) is 218 cm³/mol. The van der Waals surface area contributed by atoms with E-state index in [1.807, 2.05) is 32.1 Å². The molecule has 2 bridgehead atoms. The molecule has 3 N–H and O–H groups in total. The quantitative estimate of drug-likeness (QED) is 0.217. The van der Waals surface area contributed by atoms with Crippen molar-refractivity contribution in [3.8, 4) is 0 Å². The molecule has 1 aromatic rings. The number of rotatable bonds is 6. The molecular weight excluding hydrogens is 763 g/mol. The zero-order valence-corrected chi connectivity index (χ0v) is 35.5. The number of anilines is 1. The van der Waals surface area contributed by atoms with E-state index in [4.69, 9.17) is 23.7 Å². The first-order valence-corrected chi connectivity index (χ1v) is 23.0. The van der Waals surface area contributed by atoms with Crippen molar-refractivity contribution >= 4 is 27.6 Å². The second kappa shape index (κ2) is 16.6. The fourth-order valence-electron chi connectivity index (χ4n) is 10.3. The Hall–Kier alpha value is -3.33. The summed E-state index contributed by atoms with van der Waals surface area (Å²) in [6, 6.07) is 6.97. The lowest BCUT2D eigenvalue weighted by Gasteiger charge is -2.50. The highest BCUT2D eigenvalue weighted by molar-refractivity contribution is 7.92. The van der Waals surface area contributed by atoms with Crippen LogP contribution < -0.4 is 4.72 Å². The van der Waals surface area contributed by atoms with Gasteiger partial charge in [0, 0.05) is 30.9 Å². The van der Waals surface area contributed by atoms with Crippen LogP contribution in [0.3, 0.4) is 0 Å². The van der Waals surface area contributed by atoms with E-state index < -0.39 is 63.1 Å². The van der Waals surface area contributed by atoms with Gasteiger partial charge >= 0.3 is 11.9 Å². The molecule has 1 spiro atoms. The van der Waals surface area contributed by atoms with Crippen molar-refractivity contribution in [3.63, 3.8) is 0 Å². The standard InChI is InChI=1S/C45H61NO11S/c1-7-37-27(2)19-22-44(57-37)25-35-24-34(56-44)18-13-29(4)39(55-42(49)43(20-8-9-21-43)31-14-16-33(17-15-31)46-58(6,51)52)28(3)11-10-12-32-26-53-40-38(47)30(5)23-36(41(48)54-35)45(32,40)50/h10-17,23,27-28,34-40,46-47,50H,7-9,18-22,24-26H2,1-6H3/b11-10+,29-13+,32-12+/t27-,28-,34+,35-,36-,37+,38+,39+,40+,44+,45+/m0/s1. The second-order valence-electron chi connectivity index (χ2n) is 17.8. The van der Waals surface area contributed by atoms with Crippen LogP contribution in [0.2, 0.25) is 0 Å². The first-order chi connectivity index (χ1) is 27.5. The normalized spacial score (nSPS) is 40.2. The Morgan fingerprint density at radius 1 is 1.03 bits per heavy atom. The van der Waals surface area contributed by atoms with E-state index in [0.29, 0.717) is 61.3 Å². The summed E-state index contributed by atoms with van der Waals surface area (Å²) in [6.45, 7) is 9.95. The number of carbonyl (C=O) groups is 2. The monoisotopic (exact) mass is 823 g/mol. The number of carbonyl (C=O) groups excluding carboxylic acids is 2. The summed E-state index contributed by atoms with van der Waals surface area (Å²) in [5.41, 5.74) is 0.260. The molecule has 1 aromatic carbocycles. The van der Waals surface area contributed by atoms with Crippen molar-refractivity contribution in [2.75, 3.05) is 17.6 Å². The number of esters is 2. The summed E-state index contributed by atoms with van der Waals surface area (Å²) >= 11 is 0. The molecule has 7 rings (SSSR count). The maximum atomic E-state index is 14.6. The van der Waals surface area contributed by atoms with Crippen LogP contribution in [-0.4, -0.2) is 91.4 Å². The maximum absolute atomic E-state index is 14.6. The molecule has 4 heterocycles. The maximum Gasteiger partial charge on any atom is 0.317 e. The number of benzene rings is 1. The minimum Gasteiger partial charge on any atom is -0.462 e. The van der Waals surface area contributed by atoms with Crippen LogP contribution in [0.5, 0.6) is 0 Å². The third-order valence-corrected chi connectivity index (χ3v) is 14.2. The van der Waals surface area contributed by atoms with Crippen molar-refractivity contribution in [1.29, 1.82) is 0 Å². The molecule has 0 unspecified atom stereocenters. The number of hydrogen-bond donors (Lipinski definition) is 3. The lowest BCUT2D eigenvalue weighted by molar-refractivity contribution is -0.335. The number of sulfonamides is 1. The van der Waals surface area contributed by atoms with Crippen LogP contribution >= 0.6 is 0 Å². The summed E-state index contributed by atoms with van der Waals surface area (Å²) in [4.78, 5) is 28.8. The molecule has 58 heavy (non-hydrogen) atoms. The molecule has 0 aromatic heterocycles. The number of aliphatic hydroxyl groups is 2. The third kappa shape index (κ3) is 8.36. The average molecular weight is 824 g/mol. The van der Waals surface area contributed by atoms with Crippen LogP contribution in [-0.2, 0) is 48.7 Å². The highest BCUT2D eigenvalue weighted by atomic mass is 32.2. The number of hydrogen-bond acceptors (Lipinski definition) is 11. The molecular formula is C45H61NO11S. The topological polar surface area (TPSA) is 167 Å². The molecule has 12 nitrogen and oxygen atoms in total. The number of nitrogens with one attached hydrogen (secondary N) is 1. The number of aliphatic hydroxyl groups excluding tert-OH is 1. The molecule has 4 fully saturated rings. The molecule has 0 amide bonds. The van der Waals surface area contributed by atoms with Crippen molar-refractivity contribution in [2.45, 2.75) is 152 Å². The molecule has 1 saturated carbocycles.